The molecule has 1 rings (SSSR count). The first-order valence-corrected chi connectivity index (χ1v) is 36.2. The monoisotopic (exact) mass is 1160 g/mol. The minimum absolute atomic E-state index is 0.133. The summed E-state index contributed by atoms with van der Waals surface area (Å²) < 4.78 is 11.4. The number of unbranched alkanes of at least 4 members (excludes halogenated alkanes) is 48. The van der Waals surface area contributed by atoms with Gasteiger partial charge in [0.1, 0.15) is 24.4 Å². The fourth-order valence-electron chi connectivity index (χ4n) is 11.8. The quantitative estimate of drug-likeness (QED) is 0.0261. The summed E-state index contributed by atoms with van der Waals surface area (Å²) in [5.74, 6) is -0.136. The predicted molar refractivity (Wildman–Crippen MR) is 350 cm³/mol. The molecule has 9 nitrogen and oxygen atoms in total. The van der Waals surface area contributed by atoms with E-state index in [2.05, 4.69) is 55.6 Å². The van der Waals surface area contributed by atoms with Crippen LogP contribution in [-0.2, 0) is 14.3 Å². The van der Waals surface area contributed by atoms with Gasteiger partial charge < -0.3 is 40.3 Å². The number of hydrogen-bond donors (Lipinski definition) is 6. The van der Waals surface area contributed by atoms with Crippen LogP contribution in [0.3, 0.4) is 0 Å². The van der Waals surface area contributed by atoms with Crippen LogP contribution >= 0.6 is 0 Å². The highest BCUT2D eigenvalue weighted by Crippen LogP contribution is 2.24. The van der Waals surface area contributed by atoms with Gasteiger partial charge in [0.15, 0.2) is 6.29 Å². The molecule has 1 fully saturated rings. The summed E-state index contributed by atoms with van der Waals surface area (Å²) in [6, 6.07) is -0.718. The second-order valence-corrected chi connectivity index (χ2v) is 25.4. The zero-order chi connectivity index (χ0) is 59.3. The highest BCUT2D eigenvalue weighted by Gasteiger charge is 2.44. The van der Waals surface area contributed by atoms with Gasteiger partial charge >= 0.3 is 0 Å². The standard InChI is InChI=1S/C73H139NO8/c1-3-5-7-9-11-13-15-17-19-21-23-25-27-28-29-30-31-32-33-34-35-36-37-38-39-40-41-43-45-47-49-51-53-55-57-59-61-63-69(77)74-66(65-81-73-72(80)71(79)70(78)68(64-75)82-73)67(76)62-60-58-56-54-52-50-48-46-44-42-26-24-22-20-18-16-14-12-10-8-6-4-2/h15,17,21,23,27-28,66-68,70-73,75-76,78-80H,3-14,16,18-20,22,24-26,29-65H2,1-2H3,(H,74,77)/b17-15-,23-21-,28-27-. The lowest BCUT2D eigenvalue weighted by Crippen LogP contribution is -2.60. The molecule has 1 aliphatic rings. The van der Waals surface area contributed by atoms with Crippen molar-refractivity contribution in [1.82, 2.24) is 5.32 Å². The Hall–Kier alpha value is -1.59. The fourth-order valence-corrected chi connectivity index (χ4v) is 11.8. The van der Waals surface area contributed by atoms with Gasteiger partial charge in [0.2, 0.25) is 5.91 Å². The van der Waals surface area contributed by atoms with Crippen LogP contribution in [0.15, 0.2) is 36.5 Å². The zero-order valence-corrected chi connectivity index (χ0v) is 54.3. The lowest BCUT2D eigenvalue weighted by molar-refractivity contribution is -0.302. The van der Waals surface area contributed by atoms with Crippen molar-refractivity contribution in [2.45, 2.75) is 410 Å². The van der Waals surface area contributed by atoms with Crippen molar-refractivity contribution in [3.05, 3.63) is 36.5 Å². The summed E-state index contributed by atoms with van der Waals surface area (Å²) in [6.45, 7) is 3.88. The van der Waals surface area contributed by atoms with Crippen LogP contribution in [0.2, 0.25) is 0 Å². The van der Waals surface area contributed by atoms with Crippen molar-refractivity contribution in [3.63, 3.8) is 0 Å². The smallest absolute Gasteiger partial charge is 0.220 e. The molecule has 0 aromatic heterocycles. The number of carbonyl (C=O) groups is 1. The molecule has 82 heavy (non-hydrogen) atoms. The first-order chi connectivity index (χ1) is 40.3. The Morgan fingerprint density at radius 1 is 0.415 bits per heavy atom. The second kappa shape index (κ2) is 62.5. The Balaban J connectivity index is 2.06. The molecule has 1 aliphatic heterocycles. The average molecular weight is 1160 g/mol. The number of allylic oxidation sites excluding steroid dienone is 6. The van der Waals surface area contributed by atoms with Crippen LogP contribution in [0.1, 0.15) is 367 Å². The number of hydrogen-bond acceptors (Lipinski definition) is 8. The molecule has 0 aromatic rings. The summed E-state index contributed by atoms with van der Waals surface area (Å²) in [5, 5.41) is 54.9. The Morgan fingerprint density at radius 2 is 0.720 bits per heavy atom. The highest BCUT2D eigenvalue weighted by atomic mass is 16.7. The number of carbonyl (C=O) groups excluding carboxylic acids is 1. The summed E-state index contributed by atoms with van der Waals surface area (Å²) >= 11 is 0. The van der Waals surface area contributed by atoms with Crippen LogP contribution in [0.4, 0.5) is 0 Å². The molecule has 0 aromatic carbocycles. The van der Waals surface area contributed by atoms with E-state index in [0.717, 1.165) is 51.4 Å². The van der Waals surface area contributed by atoms with Crippen molar-refractivity contribution in [3.8, 4) is 0 Å². The maximum absolute atomic E-state index is 13.2. The van der Waals surface area contributed by atoms with Gasteiger partial charge in [0.05, 0.1) is 25.4 Å². The van der Waals surface area contributed by atoms with Gasteiger partial charge in [-0.25, -0.2) is 0 Å². The number of ether oxygens (including phenoxy) is 2. The lowest BCUT2D eigenvalue weighted by Gasteiger charge is -2.40. The maximum atomic E-state index is 13.2. The molecule has 0 spiro atoms. The van der Waals surface area contributed by atoms with E-state index in [0.29, 0.717) is 12.8 Å². The molecule has 7 unspecified atom stereocenters. The molecular weight excluding hydrogens is 1020 g/mol. The molecule has 7 atom stereocenters. The van der Waals surface area contributed by atoms with Crippen molar-refractivity contribution in [2.24, 2.45) is 0 Å². The Morgan fingerprint density at radius 3 is 1.06 bits per heavy atom. The molecule has 9 heteroatoms. The molecule has 6 N–H and O–H groups in total. The van der Waals surface area contributed by atoms with Crippen LogP contribution in [-0.4, -0.2) is 87.5 Å². The number of nitrogens with one attached hydrogen (secondary N) is 1. The van der Waals surface area contributed by atoms with Crippen LogP contribution in [0.25, 0.3) is 0 Å². The SMILES string of the molecule is CCCCCCC/C=C\C/C=C\C/C=C\CCCCCCCCCCCCCCCCCCCCCCCCC(=O)NC(COC1OC(CO)C(O)C(O)C1O)C(O)CCCCCCCCCCCCCCCCCCCCCCCC. The van der Waals surface area contributed by atoms with E-state index in [1.54, 1.807) is 0 Å². The molecule has 1 heterocycles. The summed E-state index contributed by atoms with van der Waals surface area (Å²) in [6.07, 6.45) is 76.5. The van der Waals surface area contributed by atoms with Crippen molar-refractivity contribution in [2.75, 3.05) is 13.2 Å². The largest absolute Gasteiger partial charge is 0.394 e. The zero-order valence-electron chi connectivity index (χ0n) is 54.3. The number of amides is 1. The van der Waals surface area contributed by atoms with E-state index in [4.69, 9.17) is 9.47 Å². The number of aliphatic hydroxyl groups is 5. The molecular formula is C73H139NO8. The first-order valence-electron chi connectivity index (χ1n) is 36.2. The topological polar surface area (TPSA) is 149 Å². The van der Waals surface area contributed by atoms with E-state index >= 15 is 0 Å². The Labute approximate surface area is 508 Å². The molecule has 484 valence electrons. The third kappa shape index (κ3) is 50.6. The molecule has 0 saturated carbocycles. The minimum Gasteiger partial charge on any atom is -0.394 e. The normalized spacial score (nSPS) is 18.5. The van der Waals surface area contributed by atoms with E-state index < -0.39 is 49.5 Å². The number of aliphatic hydroxyl groups excluding tert-OH is 5. The Bertz CT molecular complexity index is 1390. The van der Waals surface area contributed by atoms with Crippen molar-refractivity contribution >= 4 is 5.91 Å². The van der Waals surface area contributed by atoms with Crippen LogP contribution in [0.5, 0.6) is 0 Å². The van der Waals surface area contributed by atoms with E-state index in [1.807, 2.05) is 0 Å². The predicted octanol–water partition coefficient (Wildman–Crippen LogP) is 19.8. The molecule has 0 bridgehead atoms. The minimum atomic E-state index is -1.55. The Kier molecular flexibility index (Phi) is 59.7. The maximum Gasteiger partial charge on any atom is 0.220 e. The van der Waals surface area contributed by atoms with Crippen LogP contribution < -0.4 is 5.32 Å². The number of rotatable bonds is 64. The third-order valence-electron chi connectivity index (χ3n) is 17.5. The van der Waals surface area contributed by atoms with Crippen LogP contribution in [0, 0.1) is 0 Å². The summed E-state index contributed by atoms with van der Waals surface area (Å²) in [4.78, 5) is 13.2. The van der Waals surface area contributed by atoms with Gasteiger partial charge in [-0.2, -0.15) is 0 Å². The van der Waals surface area contributed by atoms with E-state index in [1.165, 1.54) is 289 Å². The first kappa shape index (κ1) is 78.4. The second-order valence-electron chi connectivity index (χ2n) is 25.4. The summed E-state index contributed by atoms with van der Waals surface area (Å²) in [7, 11) is 0. The third-order valence-corrected chi connectivity index (χ3v) is 17.5. The van der Waals surface area contributed by atoms with Gasteiger partial charge in [-0.3, -0.25) is 4.79 Å². The van der Waals surface area contributed by atoms with Gasteiger partial charge in [0, 0.05) is 6.42 Å². The van der Waals surface area contributed by atoms with Crippen molar-refractivity contribution < 1.29 is 39.8 Å². The van der Waals surface area contributed by atoms with Gasteiger partial charge in [-0.05, 0) is 51.4 Å². The summed E-state index contributed by atoms with van der Waals surface area (Å²) in [5.41, 5.74) is 0. The molecule has 0 radical (unpaired) electrons. The molecule has 1 amide bonds. The molecule has 1 saturated heterocycles. The van der Waals surface area contributed by atoms with Crippen molar-refractivity contribution in [1.29, 1.82) is 0 Å². The molecule has 0 aliphatic carbocycles. The average Bonchev–Trinajstić information content (AvgIpc) is 3.59. The van der Waals surface area contributed by atoms with Gasteiger partial charge in [0.25, 0.3) is 0 Å². The van der Waals surface area contributed by atoms with E-state index in [9.17, 15) is 30.3 Å². The highest BCUT2D eigenvalue weighted by molar-refractivity contribution is 5.76. The van der Waals surface area contributed by atoms with Gasteiger partial charge in [-0.15, -0.1) is 0 Å². The van der Waals surface area contributed by atoms with E-state index in [-0.39, 0.29) is 12.5 Å². The lowest BCUT2D eigenvalue weighted by atomic mass is 9.99. The van der Waals surface area contributed by atoms with Gasteiger partial charge in [-0.1, -0.05) is 346 Å². The fraction of sp³-hybridized carbons (Fsp3) is 0.904.